The number of aromatic amines is 1. The summed E-state index contributed by atoms with van der Waals surface area (Å²) in [4.78, 5) is 13.4. The molecule has 2 N–H and O–H groups in total. The Morgan fingerprint density at radius 2 is 2.43 bits per heavy atom. The van der Waals surface area contributed by atoms with Crippen molar-refractivity contribution in [3.8, 4) is 6.07 Å². The Morgan fingerprint density at radius 3 is 3.07 bits per heavy atom. The summed E-state index contributed by atoms with van der Waals surface area (Å²) >= 11 is 0. The van der Waals surface area contributed by atoms with Crippen molar-refractivity contribution in [2.75, 3.05) is 6.61 Å². The van der Waals surface area contributed by atoms with Gasteiger partial charge in [0.1, 0.15) is 11.6 Å². The number of aliphatic hydroxyl groups excluding tert-OH is 1. The van der Waals surface area contributed by atoms with E-state index in [1.165, 1.54) is 12.3 Å². The van der Waals surface area contributed by atoms with Crippen LogP contribution in [0.2, 0.25) is 0 Å². The Labute approximate surface area is 81.1 Å². The topological polar surface area (TPSA) is 76.9 Å². The van der Waals surface area contributed by atoms with E-state index in [2.05, 4.69) is 4.98 Å². The van der Waals surface area contributed by atoms with Crippen LogP contribution in [0.25, 0.3) is 6.08 Å². The molecule has 4 nitrogen and oxygen atoms in total. The summed E-state index contributed by atoms with van der Waals surface area (Å²) in [6, 6.07) is 3.31. The van der Waals surface area contributed by atoms with Crippen LogP contribution in [0.15, 0.2) is 23.1 Å². The maximum atomic E-state index is 11.0. The van der Waals surface area contributed by atoms with Gasteiger partial charge in [-0.05, 0) is 18.1 Å². The van der Waals surface area contributed by atoms with Crippen LogP contribution in [0, 0.1) is 11.3 Å². The van der Waals surface area contributed by atoms with E-state index in [0.717, 1.165) is 5.56 Å². The van der Waals surface area contributed by atoms with Gasteiger partial charge in [0.15, 0.2) is 0 Å². The van der Waals surface area contributed by atoms with Gasteiger partial charge in [0.05, 0.1) is 0 Å². The fraction of sp³-hybridized carbons (Fsp3) is 0.200. The smallest absolute Gasteiger partial charge is 0.265 e. The predicted octanol–water partition coefficient (Wildman–Crippen LogP) is 0.642. The van der Waals surface area contributed by atoms with E-state index in [4.69, 9.17) is 10.4 Å². The lowest BCUT2D eigenvalue weighted by molar-refractivity contribution is 0.303. The van der Waals surface area contributed by atoms with Crippen molar-refractivity contribution in [2.45, 2.75) is 6.42 Å². The fourth-order valence-electron chi connectivity index (χ4n) is 0.974. The minimum atomic E-state index is -0.383. The molecule has 1 aromatic heterocycles. The normalized spacial score (nSPS) is 10.3. The number of nitriles is 1. The molecule has 0 saturated heterocycles. The van der Waals surface area contributed by atoms with E-state index in [1.54, 1.807) is 18.2 Å². The summed E-state index contributed by atoms with van der Waals surface area (Å²) in [6.07, 6.45) is 5.60. The van der Waals surface area contributed by atoms with Gasteiger partial charge in [-0.25, -0.2) is 0 Å². The van der Waals surface area contributed by atoms with Crippen LogP contribution in [-0.4, -0.2) is 16.7 Å². The molecule has 72 valence electrons. The highest BCUT2D eigenvalue weighted by atomic mass is 16.2. The molecule has 0 aromatic carbocycles. The second kappa shape index (κ2) is 5.00. The second-order valence-corrected chi connectivity index (χ2v) is 2.70. The standard InChI is InChI=1S/C10H10N2O2/c11-6-9-5-8(3-1-2-4-13)7-12-10(9)14/h1,3,5,7,13H,2,4H2,(H,12,14). The van der Waals surface area contributed by atoms with Crippen LogP contribution < -0.4 is 5.56 Å². The fourth-order valence-corrected chi connectivity index (χ4v) is 0.974. The molecule has 0 aliphatic carbocycles. The van der Waals surface area contributed by atoms with Crippen molar-refractivity contribution >= 4 is 6.08 Å². The number of rotatable bonds is 3. The maximum Gasteiger partial charge on any atom is 0.265 e. The molecule has 0 aliphatic heterocycles. The van der Waals surface area contributed by atoms with E-state index < -0.39 is 0 Å². The van der Waals surface area contributed by atoms with Crippen molar-refractivity contribution < 1.29 is 5.11 Å². The van der Waals surface area contributed by atoms with E-state index in [-0.39, 0.29) is 17.7 Å². The minimum Gasteiger partial charge on any atom is -0.396 e. The Balaban J connectivity index is 2.91. The minimum absolute atomic E-state index is 0.0883. The quantitative estimate of drug-likeness (QED) is 0.734. The van der Waals surface area contributed by atoms with Crippen molar-refractivity contribution in [3.05, 3.63) is 39.8 Å². The lowest BCUT2D eigenvalue weighted by atomic mass is 10.2. The highest BCUT2D eigenvalue weighted by molar-refractivity contribution is 5.50. The summed E-state index contributed by atoms with van der Waals surface area (Å²) in [6.45, 7) is 0.0883. The number of H-pyrrole nitrogens is 1. The number of hydrogen-bond donors (Lipinski definition) is 2. The van der Waals surface area contributed by atoms with E-state index >= 15 is 0 Å². The van der Waals surface area contributed by atoms with Gasteiger partial charge in [-0.1, -0.05) is 12.2 Å². The zero-order chi connectivity index (χ0) is 10.4. The number of aliphatic hydroxyl groups is 1. The monoisotopic (exact) mass is 190 g/mol. The molecule has 1 heterocycles. The first-order valence-electron chi connectivity index (χ1n) is 4.18. The van der Waals surface area contributed by atoms with Crippen molar-refractivity contribution in [2.24, 2.45) is 0 Å². The Bertz CT molecular complexity index is 426. The first-order chi connectivity index (χ1) is 6.77. The van der Waals surface area contributed by atoms with Gasteiger partial charge in [0.2, 0.25) is 0 Å². The molecule has 0 radical (unpaired) electrons. The van der Waals surface area contributed by atoms with Crippen molar-refractivity contribution in [1.29, 1.82) is 5.26 Å². The molecule has 0 fully saturated rings. The first kappa shape index (κ1) is 10.2. The third-order valence-electron chi connectivity index (χ3n) is 1.65. The molecule has 0 amide bonds. The van der Waals surface area contributed by atoms with Gasteiger partial charge in [0, 0.05) is 12.8 Å². The molecule has 1 rings (SSSR count). The summed E-state index contributed by atoms with van der Waals surface area (Å²) in [7, 11) is 0. The molecule has 14 heavy (non-hydrogen) atoms. The Kier molecular flexibility index (Phi) is 3.65. The summed E-state index contributed by atoms with van der Waals surface area (Å²) in [5.41, 5.74) is 0.456. The molecule has 0 aliphatic rings. The van der Waals surface area contributed by atoms with Crippen LogP contribution in [0.1, 0.15) is 17.5 Å². The molecule has 4 heteroatoms. The molecule has 0 atom stereocenters. The molecule has 0 spiro atoms. The van der Waals surface area contributed by atoms with Crippen LogP contribution in [0.3, 0.4) is 0 Å². The van der Waals surface area contributed by atoms with Crippen molar-refractivity contribution in [1.82, 2.24) is 4.98 Å². The van der Waals surface area contributed by atoms with Gasteiger partial charge in [-0.3, -0.25) is 4.79 Å². The largest absolute Gasteiger partial charge is 0.396 e. The predicted molar refractivity (Wildman–Crippen MR) is 52.5 cm³/mol. The maximum absolute atomic E-state index is 11.0. The molecule has 0 bridgehead atoms. The van der Waals surface area contributed by atoms with Gasteiger partial charge < -0.3 is 10.1 Å². The van der Waals surface area contributed by atoms with Gasteiger partial charge in [0.25, 0.3) is 5.56 Å². The van der Waals surface area contributed by atoms with E-state index in [0.29, 0.717) is 6.42 Å². The zero-order valence-corrected chi connectivity index (χ0v) is 7.53. The summed E-state index contributed by atoms with van der Waals surface area (Å²) < 4.78 is 0. The second-order valence-electron chi connectivity index (χ2n) is 2.70. The number of nitrogens with zero attached hydrogens (tertiary/aromatic N) is 1. The molecule has 0 saturated carbocycles. The third kappa shape index (κ3) is 2.57. The number of hydrogen-bond acceptors (Lipinski definition) is 3. The van der Waals surface area contributed by atoms with Crippen LogP contribution in [0.4, 0.5) is 0 Å². The van der Waals surface area contributed by atoms with Crippen LogP contribution in [-0.2, 0) is 0 Å². The van der Waals surface area contributed by atoms with Gasteiger partial charge in [-0.15, -0.1) is 0 Å². The average Bonchev–Trinajstić information content (AvgIpc) is 2.21. The highest BCUT2D eigenvalue weighted by Gasteiger charge is 1.97. The zero-order valence-electron chi connectivity index (χ0n) is 7.53. The van der Waals surface area contributed by atoms with E-state index in [1.807, 2.05) is 0 Å². The lowest BCUT2D eigenvalue weighted by Crippen LogP contribution is -2.08. The number of pyridine rings is 1. The van der Waals surface area contributed by atoms with Crippen LogP contribution >= 0.6 is 0 Å². The molecular formula is C10H10N2O2. The van der Waals surface area contributed by atoms with Gasteiger partial charge >= 0.3 is 0 Å². The van der Waals surface area contributed by atoms with Crippen molar-refractivity contribution in [3.63, 3.8) is 0 Å². The molecule has 1 aromatic rings. The van der Waals surface area contributed by atoms with E-state index in [9.17, 15) is 4.79 Å². The molecule has 0 unspecified atom stereocenters. The van der Waals surface area contributed by atoms with Crippen LogP contribution in [0.5, 0.6) is 0 Å². The van der Waals surface area contributed by atoms with Gasteiger partial charge in [-0.2, -0.15) is 5.26 Å². The SMILES string of the molecule is N#Cc1cc(C=CCCO)c[nH]c1=O. The number of nitrogens with one attached hydrogen (secondary N) is 1. The lowest BCUT2D eigenvalue weighted by Gasteiger charge is -1.93. The third-order valence-corrected chi connectivity index (χ3v) is 1.65. The Morgan fingerprint density at radius 1 is 1.64 bits per heavy atom. The summed E-state index contributed by atoms with van der Waals surface area (Å²) in [5.74, 6) is 0. The number of aromatic nitrogens is 1. The average molecular weight is 190 g/mol. The Hall–Kier alpha value is -1.86. The highest BCUT2D eigenvalue weighted by Crippen LogP contribution is 2.01. The molecular weight excluding hydrogens is 180 g/mol. The first-order valence-corrected chi connectivity index (χ1v) is 4.18. The summed E-state index contributed by atoms with van der Waals surface area (Å²) in [5, 5.41) is 17.1.